The van der Waals surface area contributed by atoms with Crippen LogP contribution >= 0.6 is 11.3 Å². The summed E-state index contributed by atoms with van der Waals surface area (Å²) in [7, 11) is 1.65. The fourth-order valence-corrected chi connectivity index (χ4v) is 2.21. The number of aliphatic carboxylic acids is 1. The standard InChI is InChI=1S/C11H17NO3S/c1-7(15-4)5-9-12-8(6-16-9)11(2,3)10(13)14/h6-7H,5H2,1-4H3,(H,13,14). The molecule has 1 N–H and O–H groups in total. The van der Waals surface area contributed by atoms with Crippen LogP contribution in [0.5, 0.6) is 0 Å². The Kier molecular flexibility index (Phi) is 4.04. The van der Waals surface area contributed by atoms with Crippen LogP contribution in [0.4, 0.5) is 0 Å². The second-order valence-electron chi connectivity index (χ2n) is 4.31. The monoisotopic (exact) mass is 243 g/mol. The van der Waals surface area contributed by atoms with Crippen LogP contribution in [0.1, 0.15) is 31.5 Å². The van der Waals surface area contributed by atoms with Crippen molar-refractivity contribution in [3.63, 3.8) is 0 Å². The molecule has 0 bridgehead atoms. The number of hydrogen-bond acceptors (Lipinski definition) is 4. The number of carbonyl (C=O) groups is 1. The summed E-state index contributed by atoms with van der Waals surface area (Å²) in [6, 6.07) is 0. The summed E-state index contributed by atoms with van der Waals surface area (Å²) in [5, 5.41) is 11.8. The molecule has 1 aromatic heterocycles. The first-order chi connectivity index (χ1) is 7.37. The molecular formula is C11H17NO3S. The van der Waals surface area contributed by atoms with E-state index in [1.807, 2.05) is 12.3 Å². The van der Waals surface area contributed by atoms with Gasteiger partial charge < -0.3 is 9.84 Å². The predicted molar refractivity (Wildman–Crippen MR) is 63.0 cm³/mol. The quantitative estimate of drug-likeness (QED) is 0.860. The van der Waals surface area contributed by atoms with Gasteiger partial charge >= 0.3 is 5.97 Å². The Morgan fingerprint density at radius 3 is 2.81 bits per heavy atom. The lowest BCUT2D eigenvalue weighted by Crippen LogP contribution is -2.29. The summed E-state index contributed by atoms with van der Waals surface area (Å²) in [4.78, 5) is 15.4. The van der Waals surface area contributed by atoms with Gasteiger partial charge in [-0.1, -0.05) is 0 Å². The van der Waals surface area contributed by atoms with Crippen molar-refractivity contribution in [1.29, 1.82) is 0 Å². The van der Waals surface area contributed by atoms with E-state index in [1.165, 1.54) is 11.3 Å². The Labute approximate surface area is 99.3 Å². The van der Waals surface area contributed by atoms with Gasteiger partial charge in [-0.2, -0.15) is 0 Å². The first kappa shape index (κ1) is 13.1. The third-order valence-corrected chi connectivity index (χ3v) is 3.46. The van der Waals surface area contributed by atoms with E-state index in [9.17, 15) is 4.79 Å². The van der Waals surface area contributed by atoms with E-state index in [1.54, 1.807) is 21.0 Å². The lowest BCUT2D eigenvalue weighted by Gasteiger charge is -2.15. The Morgan fingerprint density at radius 1 is 1.69 bits per heavy atom. The second kappa shape index (κ2) is 4.93. The molecule has 1 atom stereocenters. The number of carboxylic acid groups (broad SMARTS) is 1. The van der Waals surface area contributed by atoms with Crippen LogP contribution in [0.3, 0.4) is 0 Å². The summed E-state index contributed by atoms with van der Waals surface area (Å²) < 4.78 is 5.15. The molecule has 5 heteroatoms. The molecule has 0 aromatic carbocycles. The maximum Gasteiger partial charge on any atom is 0.315 e. The van der Waals surface area contributed by atoms with Crippen molar-refractivity contribution in [3.8, 4) is 0 Å². The maximum atomic E-state index is 11.0. The highest BCUT2D eigenvalue weighted by Crippen LogP contribution is 2.25. The van der Waals surface area contributed by atoms with Crippen molar-refractivity contribution >= 4 is 17.3 Å². The SMILES string of the molecule is COC(C)Cc1nc(C(C)(C)C(=O)O)cs1. The van der Waals surface area contributed by atoms with Crippen molar-refractivity contribution < 1.29 is 14.6 Å². The number of carboxylic acids is 1. The van der Waals surface area contributed by atoms with Gasteiger partial charge in [-0.3, -0.25) is 4.79 Å². The van der Waals surface area contributed by atoms with Crippen LogP contribution in [0, 0.1) is 0 Å². The van der Waals surface area contributed by atoms with E-state index in [4.69, 9.17) is 9.84 Å². The molecule has 4 nitrogen and oxygen atoms in total. The van der Waals surface area contributed by atoms with Gasteiger partial charge in [-0.05, 0) is 20.8 Å². The molecule has 0 saturated heterocycles. The van der Waals surface area contributed by atoms with E-state index < -0.39 is 11.4 Å². The zero-order chi connectivity index (χ0) is 12.3. The predicted octanol–water partition coefficient (Wildman–Crippen LogP) is 2.08. The van der Waals surface area contributed by atoms with Crippen LogP contribution in [0.25, 0.3) is 0 Å². The molecule has 90 valence electrons. The lowest BCUT2D eigenvalue weighted by atomic mass is 9.90. The minimum Gasteiger partial charge on any atom is -0.481 e. The molecule has 0 aliphatic rings. The largest absolute Gasteiger partial charge is 0.481 e. The zero-order valence-electron chi connectivity index (χ0n) is 9.98. The molecule has 0 saturated carbocycles. The third kappa shape index (κ3) is 2.80. The fourth-order valence-electron chi connectivity index (χ4n) is 1.13. The van der Waals surface area contributed by atoms with Gasteiger partial charge in [0.25, 0.3) is 0 Å². The Hall–Kier alpha value is -0.940. The Balaban J connectivity index is 2.83. The summed E-state index contributed by atoms with van der Waals surface area (Å²) in [5.74, 6) is -0.857. The number of aromatic nitrogens is 1. The number of methoxy groups -OCH3 is 1. The van der Waals surface area contributed by atoms with Gasteiger partial charge in [0.2, 0.25) is 0 Å². The summed E-state index contributed by atoms with van der Waals surface area (Å²) in [6.45, 7) is 5.28. The van der Waals surface area contributed by atoms with Crippen LogP contribution in [-0.2, 0) is 21.4 Å². The molecule has 0 fully saturated rings. The molecule has 0 radical (unpaired) electrons. The highest BCUT2D eigenvalue weighted by Gasteiger charge is 2.32. The average Bonchev–Trinajstić information content (AvgIpc) is 2.66. The van der Waals surface area contributed by atoms with Gasteiger partial charge in [0.05, 0.1) is 16.8 Å². The van der Waals surface area contributed by atoms with Crippen LogP contribution in [0.15, 0.2) is 5.38 Å². The van der Waals surface area contributed by atoms with E-state index in [2.05, 4.69) is 4.98 Å². The van der Waals surface area contributed by atoms with Crippen LogP contribution in [-0.4, -0.2) is 29.3 Å². The van der Waals surface area contributed by atoms with Crippen molar-refractivity contribution in [3.05, 3.63) is 16.1 Å². The van der Waals surface area contributed by atoms with E-state index in [-0.39, 0.29) is 6.10 Å². The summed E-state index contributed by atoms with van der Waals surface area (Å²) in [6.07, 6.45) is 0.823. The van der Waals surface area contributed by atoms with Gasteiger partial charge in [-0.15, -0.1) is 11.3 Å². The minimum absolute atomic E-state index is 0.104. The van der Waals surface area contributed by atoms with Gasteiger partial charge in [-0.25, -0.2) is 4.98 Å². The van der Waals surface area contributed by atoms with Crippen molar-refractivity contribution in [2.75, 3.05) is 7.11 Å². The van der Waals surface area contributed by atoms with E-state index >= 15 is 0 Å². The lowest BCUT2D eigenvalue weighted by molar-refractivity contribution is -0.142. The molecule has 0 amide bonds. The number of thiazole rings is 1. The molecular weight excluding hydrogens is 226 g/mol. The molecule has 0 aliphatic carbocycles. The first-order valence-electron chi connectivity index (χ1n) is 5.09. The maximum absolute atomic E-state index is 11.0. The highest BCUT2D eigenvalue weighted by molar-refractivity contribution is 7.09. The highest BCUT2D eigenvalue weighted by atomic mass is 32.1. The number of nitrogens with zero attached hydrogens (tertiary/aromatic N) is 1. The van der Waals surface area contributed by atoms with Crippen LogP contribution < -0.4 is 0 Å². The van der Waals surface area contributed by atoms with Crippen LogP contribution in [0.2, 0.25) is 0 Å². The van der Waals surface area contributed by atoms with E-state index in [0.29, 0.717) is 5.69 Å². The fraction of sp³-hybridized carbons (Fsp3) is 0.636. The molecule has 0 aliphatic heterocycles. The smallest absolute Gasteiger partial charge is 0.315 e. The second-order valence-corrected chi connectivity index (χ2v) is 5.25. The molecule has 1 rings (SSSR count). The summed E-state index contributed by atoms with van der Waals surface area (Å²) in [5.41, 5.74) is -0.311. The van der Waals surface area contributed by atoms with Gasteiger partial charge in [0, 0.05) is 18.9 Å². The molecule has 1 heterocycles. The normalized spacial score (nSPS) is 13.8. The van der Waals surface area contributed by atoms with Gasteiger partial charge in [0.1, 0.15) is 5.41 Å². The van der Waals surface area contributed by atoms with Crippen molar-refractivity contribution in [2.24, 2.45) is 0 Å². The Morgan fingerprint density at radius 2 is 2.31 bits per heavy atom. The van der Waals surface area contributed by atoms with E-state index in [0.717, 1.165) is 11.4 Å². The topological polar surface area (TPSA) is 59.4 Å². The molecule has 1 unspecified atom stereocenters. The zero-order valence-corrected chi connectivity index (χ0v) is 10.8. The van der Waals surface area contributed by atoms with Crippen molar-refractivity contribution in [2.45, 2.75) is 38.7 Å². The summed E-state index contributed by atoms with van der Waals surface area (Å²) >= 11 is 1.48. The number of ether oxygens (including phenoxy) is 1. The molecule has 0 spiro atoms. The molecule has 16 heavy (non-hydrogen) atoms. The first-order valence-corrected chi connectivity index (χ1v) is 5.97. The number of hydrogen-bond donors (Lipinski definition) is 1. The van der Waals surface area contributed by atoms with Crippen molar-refractivity contribution in [1.82, 2.24) is 4.98 Å². The average molecular weight is 243 g/mol. The number of rotatable bonds is 5. The minimum atomic E-state index is -0.926. The van der Waals surface area contributed by atoms with Gasteiger partial charge in [0.15, 0.2) is 0 Å². The Bertz CT molecular complexity index is 373. The molecule has 1 aromatic rings. The third-order valence-electron chi connectivity index (χ3n) is 2.59.